The maximum absolute atomic E-state index is 13.8. The molecule has 3 rings (SSSR count). The minimum Gasteiger partial charge on any atom is -0.339 e. The molecule has 0 saturated carbocycles. The largest absolute Gasteiger partial charge is 0.339 e. The molecule has 0 bridgehead atoms. The Kier molecular flexibility index (Phi) is 6.94. The minimum absolute atomic E-state index is 0. The average Bonchev–Trinajstić information content (AvgIpc) is 2.61. The summed E-state index contributed by atoms with van der Waals surface area (Å²) in [6.07, 6.45) is 1.15. The van der Waals surface area contributed by atoms with Gasteiger partial charge in [-0.15, -0.1) is 12.4 Å². The Bertz CT molecular complexity index is 666. The lowest BCUT2D eigenvalue weighted by molar-refractivity contribution is -0.139. The summed E-state index contributed by atoms with van der Waals surface area (Å²) in [6.45, 7) is 5.16. The standard InChI is InChI=1S/C18H23F2N3O2.ClH/c1-12-11-21-6-9-23(12)17(24)13-4-7-22(8-5-13)18(25)15-3-2-14(19)10-16(15)20;/h2-3,10,12-13,21H,4-9,11H2,1H3;1H. The molecule has 2 saturated heterocycles. The van der Waals surface area contributed by atoms with E-state index >= 15 is 0 Å². The van der Waals surface area contributed by atoms with Gasteiger partial charge < -0.3 is 15.1 Å². The monoisotopic (exact) mass is 387 g/mol. The molecule has 1 unspecified atom stereocenters. The number of nitrogens with one attached hydrogen (secondary N) is 1. The van der Waals surface area contributed by atoms with E-state index in [0.29, 0.717) is 32.5 Å². The van der Waals surface area contributed by atoms with Crippen molar-refractivity contribution in [1.29, 1.82) is 0 Å². The van der Waals surface area contributed by atoms with Crippen LogP contribution in [0.5, 0.6) is 0 Å². The molecule has 2 aliphatic heterocycles. The molecule has 0 aliphatic carbocycles. The van der Waals surface area contributed by atoms with Crippen LogP contribution in [-0.4, -0.2) is 60.4 Å². The summed E-state index contributed by atoms with van der Waals surface area (Å²) in [7, 11) is 0. The molecule has 0 aromatic heterocycles. The number of hydrogen-bond acceptors (Lipinski definition) is 3. The zero-order valence-corrected chi connectivity index (χ0v) is 15.5. The predicted octanol–water partition coefficient (Wildman–Crippen LogP) is 2.06. The van der Waals surface area contributed by atoms with E-state index in [9.17, 15) is 18.4 Å². The van der Waals surface area contributed by atoms with E-state index in [1.807, 2.05) is 11.8 Å². The topological polar surface area (TPSA) is 52.7 Å². The second-order valence-corrected chi connectivity index (χ2v) is 6.78. The van der Waals surface area contributed by atoms with Crippen LogP contribution in [0.4, 0.5) is 8.78 Å². The smallest absolute Gasteiger partial charge is 0.256 e. The van der Waals surface area contributed by atoms with Crippen LogP contribution in [0.3, 0.4) is 0 Å². The summed E-state index contributed by atoms with van der Waals surface area (Å²) in [5.74, 6) is -1.95. The molecule has 2 aliphatic rings. The molecule has 144 valence electrons. The number of nitrogens with zero attached hydrogens (tertiary/aromatic N) is 2. The average molecular weight is 388 g/mol. The van der Waals surface area contributed by atoms with Crippen molar-refractivity contribution in [3.63, 3.8) is 0 Å². The molecule has 2 fully saturated rings. The highest BCUT2D eigenvalue weighted by Gasteiger charge is 2.33. The maximum Gasteiger partial charge on any atom is 0.256 e. The van der Waals surface area contributed by atoms with Gasteiger partial charge in [0.05, 0.1) is 5.56 Å². The number of rotatable bonds is 2. The van der Waals surface area contributed by atoms with Crippen LogP contribution < -0.4 is 5.32 Å². The molecule has 1 N–H and O–H groups in total. The number of piperazine rings is 1. The molecule has 2 heterocycles. The second kappa shape index (κ2) is 8.77. The first-order valence-electron chi connectivity index (χ1n) is 8.73. The highest BCUT2D eigenvalue weighted by Crippen LogP contribution is 2.23. The molecule has 5 nitrogen and oxygen atoms in total. The summed E-state index contributed by atoms with van der Waals surface area (Å²) in [5.41, 5.74) is -0.123. The van der Waals surface area contributed by atoms with Crippen LogP contribution in [0.2, 0.25) is 0 Å². The molecule has 0 spiro atoms. The van der Waals surface area contributed by atoms with Gasteiger partial charge in [-0.25, -0.2) is 8.78 Å². The minimum atomic E-state index is -0.849. The second-order valence-electron chi connectivity index (χ2n) is 6.78. The fourth-order valence-corrected chi connectivity index (χ4v) is 3.57. The van der Waals surface area contributed by atoms with Crippen molar-refractivity contribution in [2.75, 3.05) is 32.7 Å². The lowest BCUT2D eigenvalue weighted by Gasteiger charge is -2.39. The van der Waals surface area contributed by atoms with Crippen molar-refractivity contribution in [2.24, 2.45) is 5.92 Å². The molecule has 2 amide bonds. The van der Waals surface area contributed by atoms with Gasteiger partial charge in [0.1, 0.15) is 11.6 Å². The van der Waals surface area contributed by atoms with Crippen molar-refractivity contribution in [3.05, 3.63) is 35.4 Å². The summed E-state index contributed by atoms with van der Waals surface area (Å²) in [6, 6.07) is 3.15. The third-order valence-electron chi connectivity index (χ3n) is 5.08. The van der Waals surface area contributed by atoms with E-state index in [0.717, 1.165) is 25.2 Å². The Hall–Kier alpha value is -1.73. The number of likely N-dealkylation sites (tertiary alicyclic amines) is 1. The number of benzene rings is 1. The van der Waals surface area contributed by atoms with Gasteiger partial charge in [0, 0.05) is 50.7 Å². The van der Waals surface area contributed by atoms with E-state index in [1.54, 1.807) is 4.90 Å². The van der Waals surface area contributed by atoms with E-state index in [1.165, 1.54) is 6.07 Å². The zero-order valence-electron chi connectivity index (χ0n) is 14.7. The van der Waals surface area contributed by atoms with Crippen LogP contribution >= 0.6 is 12.4 Å². The van der Waals surface area contributed by atoms with Crippen molar-refractivity contribution in [3.8, 4) is 0 Å². The summed E-state index contributed by atoms with van der Waals surface area (Å²) < 4.78 is 26.8. The maximum atomic E-state index is 13.8. The van der Waals surface area contributed by atoms with E-state index in [2.05, 4.69) is 5.32 Å². The molecule has 26 heavy (non-hydrogen) atoms. The highest BCUT2D eigenvalue weighted by atomic mass is 35.5. The van der Waals surface area contributed by atoms with Crippen LogP contribution in [-0.2, 0) is 4.79 Å². The van der Waals surface area contributed by atoms with Gasteiger partial charge in [-0.1, -0.05) is 0 Å². The first-order chi connectivity index (χ1) is 12.0. The van der Waals surface area contributed by atoms with Gasteiger partial charge >= 0.3 is 0 Å². The number of halogens is 3. The molecule has 1 aromatic rings. The van der Waals surface area contributed by atoms with Gasteiger partial charge in [-0.3, -0.25) is 9.59 Å². The van der Waals surface area contributed by atoms with E-state index < -0.39 is 17.5 Å². The fraction of sp³-hybridized carbons (Fsp3) is 0.556. The highest BCUT2D eigenvalue weighted by molar-refractivity contribution is 5.94. The third-order valence-corrected chi connectivity index (χ3v) is 5.08. The molecular formula is C18H24ClF2N3O2. The molecule has 8 heteroatoms. The Morgan fingerprint density at radius 1 is 1.15 bits per heavy atom. The Labute approximate surface area is 158 Å². The van der Waals surface area contributed by atoms with Crippen molar-refractivity contribution >= 4 is 24.2 Å². The van der Waals surface area contributed by atoms with Crippen LogP contribution in [0, 0.1) is 17.6 Å². The number of carbonyl (C=O) groups is 2. The van der Waals surface area contributed by atoms with Gasteiger partial charge in [-0.05, 0) is 31.9 Å². The Balaban J connectivity index is 0.00000243. The SMILES string of the molecule is CC1CNCCN1C(=O)C1CCN(C(=O)c2ccc(F)cc2F)CC1.Cl. The van der Waals surface area contributed by atoms with Crippen molar-refractivity contribution < 1.29 is 18.4 Å². The summed E-state index contributed by atoms with van der Waals surface area (Å²) >= 11 is 0. The summed E-state index contributed by atoms with van der Waals surface area (Å²) in [4.78, 5) is 28.6. The number of amides is 2. The van der Waals surface area contributed by atoms with Gasteiger partial charge in [0.15, 0.2) is 0 Å². The van der Waals surface area contributed by atoms with Crippen LogP contribution in [0.25, 0.3) is 0 Å². The molecule has 0 radical (unpaired) electrons. The number of piperidine rings is 1. The number of carbonyl (C=O) groups excluding carboxylic acids is 2. The quantitative estimate of drug-likeness (QED) is 0.845. The Morgan fingerprint density at radius 2 is 1.85 bits per heavy atom. The normalized spacial score (nSPS) is 21.3. The van der Waals surface area contributed by atoms with Crippen molar-refractivity contribution in [2.45, 2.75) is 25.8 Å². The van der Waals surface area contributed by atoms with Gasteiger partial charge in [0.2, 0.25) is 5.91 Å². The van der Waals surface area contributed by atoms with Crippen LogP contribution in [0.15, 0.2) is 18.2 Å². The van der Waals surface area contributed by atoms with Gasteiger partial charge in [-0.2, -0.15) is 0 Å². The summed E-state index contributed by atoms with van der Waals surface area (Å²) in [5, 5.41) is 3.26. The first kappa shape index (κ1) is 20.6. The molecular weight excluding hydrogens is 364 g/mol. The first-order valence-corrected chi connectivity index (χ1v) is 8.73. The zero-order chi connectivity index (χ0) is 18.0. The fourth-order valence-electron chi connectivity index (χ4n) is 3.57. The molecule has 1 atom stereocenters. The van der Waals surface area contributed by atoms with Gasteiger partial charge in [0.25, 0.3) is 5.91 Å². The molecule has 1 aromatic carbocycles. The van der Waals surface area contributed by atoms with Crippen LogP contribution in [0.1, 0.15) is 30.1 Å². The van der Waals surface area contributed by atoms with E-state index in [-0.39, 0.29) is 35.8 Å². The Morgan fingerprint density at radius 3 is 2.46 bits per heavy atom. The van der Waals surface area contributed by atoms with Crippen molar-refractivity contribution in [1.82, 2.24) is 15.1 Å². The third kappa shape index (κ3) is 4.32. The predicted molar refractivity (Wildman–Crippen MR) is 96.3 cm³/mol. The van der Waals surface area contributed by atoms with E-state index in [4.69, 9.17) is 0 Å². The lowest BCUT2D eigenvalue weighted by Crippen LogP contribution is -2.55. The number of hydrogen-bond donors (Lipinski definition) is 1. The lowest BCUT2D eigenvalue weighted by atomic mass is 9.94.